The highest BCUT2D eigenvalue weighted by atomic mass is 16.7. The minimum Gasteiger partial charge on any atom is -0.449 e. The molecule has 36 heavy (non-hydrogen) atoms. The molecule has 0 saturated carbocycles. The van der Waals surface area contributed by atoms with Gasteiger partial charge in [-0.1, -0.05) is 84.9 Å². The third-order valence-corrected chi connectivity index (χ3v) is 6.78. The van der Waals surface area contributed by atoms with Crippen molar-refractivity contribution < 1.29 is 19.7 Å². The van der Waals surface area contributed by atoms with Crippen molar-refractivity contribution in [2.45, 2.75) is 37.8 Å². The first-order valence-electron chi connectivity index (χ1n) is 12.0. The summed E-state index contributed by atoms with van der Waals surface area (Å²) in [5.74, 6) is -0.296. The van der Waals surface area contributed by atoms with Crippen LogP contribution in [0.1, 0.15) is 35.2 Å². The highest BCUT2D eigenvalue weighted by Crippen LogP contribution is 2.37. The Balaban J connectivity index is 1.55. The first-order valence-corrected chi connectivity index (χ1v) is 12.0. The average Bonchev–Trinajstić information content (AvgIpc) is 2.88. The predicted octanol–water partition coefficient (Wildman–Crippen LogP) is 5.39. The Morgan fingerprint density at radius 1 is 0.889 bits per heavy atom. The van der Waals surface area contributed by atoms with Crippen LogP contribution in [0.2, 0.25) is 0 Å². The first-order chi connectivity index (χ1) is 17.4. The second kappa shape index (κ2) is 9.84. The third-order valence-electron chi connectivity index (χ3n) is 6.78. The lowest BCUT2D eigenvalue weighted by atomic mass is 9.77. The Morgan fingerprint density at radius 3 is 2.19 bits per heavy atom. The van der Waals surface area contributed by atoms with Crippen LogP contribution in [0.25, 0.3) is 11.1 Å². The molecule has 0 fully saturated rings. The molecular formula is C30H27NO5. The van der Waals surface area contributed by atoms with Gasteiger partial charge in [-0.15, -0.1) is 0 Å². The maximum Gasteiger partial charge on any atom is 0.511 e. The predicted molar refractivity (Wildman–Crippen MR) is 137 cm³/mol. The van der Waals surface area contributed by atoms with Crippen molar-refractivity contribution >= 4 is 6.16 Å². The van der Waals surface area contributed by atoms with Crippen molar-refractivity contribution in [3.63, 3.8) is 0 Å². The molecule has 0 aliphatic heterocycles. The van der Waals surface area contributed by atoms with E-state index < -0.39 is 17.2 Å². The fourth-order valence-corrected chi connectivity index (χ4v) is 5.15. The van der Waals surface area contributed by atoms with Gasteiger partial charge in [0.1, 0.15) is 0 Å². The standard InChI is InChI=1S/C30H27NO5/c32-28-26(36-29(33)34)20-31(19-22-13-15-24(16-14-22)23-10-5-2-6-11-23)25-12-7-17-30(35,27(25)28)18-21-8-3-1-4-9-21/h1-6,8-11,13-16,20,35H,7,12,17-19H2,(H,33,34). The lowest BCUT2D eigenvalue weighted by Gasteiger charge is -2.35. The first kappa shape index (κ1) is 23.6. The van der Waals surface area contributed by atoms with Crippen molar-refractivity contribution in [3.05, 3.63) is 124 Å². The van der Waals surface area contributed by atoms with Crippen molar-refractivity contribution in [1.82, 2.24) is 4.57 Å². The summed E-state index contributed by atoms with van der Waals surface area (Å²) >= 11 is 0. The molecule has 0 saturated heterocycles. The number of aliphatic hydroxyl groups is 1. The van der Waals surface area contributed by atoms with Gasteiger partial charge in [-0.05, 0) is 41.5 Å². The zero-order chi connectivity index (χ0) is 25.1. The summed E-state index contributed by atoms with van der Waals surface area (Å²) in [6.07, 6.45) is 1.88. The van der Waals surface area contributed by atoms with Crippen LogP contribution in [0.15, 0.2) is 95.9 Å². The van der Waals surface area contributed by atoms with E-state index in [1.807, 2.05) is 77.4 Å². The largest absolute Gasteiger partial charge is 0.511 e. The van der Waals surface area contributed by atoms with E-state index in [1.165, 1.54) is 6.20 Å². The van der Waals surface area contributed by atoms with E-state index in [2.05, 4.69) is 12.1 Å². The second-order valence-electron chi connectivity index (χ2n) is 9.25. The number of rotatable bonds is 6. The summed E-state index contributed by atoms with van der Waals surface area (Å²) < 4.78 is 6.73. The molecule has 5 rings (SSSR count). The van der Waals surface area contributed by atoms with Gasteiger partial charge in [0, 0.05) is 18.7 Å². The minimum atomic E-state index is -1.56. The van der Waals surface area contributed by atoms with E-state index in [0.717, 1.165) is 27.9 Å². The van der Waals surface area contributed by atoms with Gasteiger partial charge in [-0.2, -0.15) is 0 Å². The summed E-state index contributed by atoms with van der Waals surface area (Å²) in [4.78, 5) is 24.7. The van der Waals surface area contributed by atoms with Gasteiger partial charge < -0.3 is 19.5 Å². The molecule has 182 valence electrons. The van der Waals surface area contributed by atoms with E-state index in [9.17, 15) is 19.8 Å². The molecule has 0 radical (unpaired) electrons. The van der Waals surface area contributed by atoms with E-state index in [0.29, 0.717) is 25.8 Å². The van der Waals surface area contributed by atoms with Crippen LogP contribution in [0.5, 0.6) is 5.75 Å². The zero-order valence-electron chi connectivity index (χ0n) is 19.8. The number of ether oxygens (including phenoxy) is 1. The molecule has 6 heteroatoms. The highest BCUT2D eigenvalue weighted by Gasteiger charge is 2.39. The van der Waals surface area contributed by atoms with Crippen LogP contribution in [-0.2, 0) is 25.0 Å². The van der Waals surface area contributed by atoms with Crippen molar-refractivity contribution in [1.29, 1.82) is 0 Å². The summed E-state index contributed by atoms with van der Waals surface area (Å²) in [6, 6.07) is 27.7. The number of pyridine rings is 1. The Bertz CT molecular complexity index is 1430. The fourth-order valence-electron chi connectivity index (χ4n) is 5.15. The molecule has 0 bridgehead atoms. The number of nitrogens with zero attached hydrogens (tertiary/aromatic N) is 1. The average molecular weight is 482 g/mol. The Morgan fingerprint density at radius 2 is 1.53 bits per heavy atom. The van der Waals surface area contributed by atoms with Crippen molar-refractivity contribution in [3.8, 4) is 16.9 Å². The molecule has 1 aliphatic rings. The summed E-state index contributed by atoms with van der Waals surface area (Å²) in [7, 11) is 0. The third kappa shape index (κ3) is 4.81. The van der Waals surface area contributed by atoms with E-state index in [4.69, 9.17) is 4.74 Å². The van der Waals surface area contributed by atoms with Crippen LogP contribution in [-0.4, -0.2) is 20.9 Å². The molecule has 0 spiro atoms. The second-order valence-corrected chi connectivity index (χ2v) is 9.25. The monoisotopic (exact) mass is 481 g/mol. The van der Waals surface area contributed by atoms with E-state index >= 15 is 0 Å². The molecule has 1 heterocycles. The topological polar surface area (TPSA) is 88.8 Å². The number of hydrogen-bond donors (Lipinski definition) is 2. The normalized spacial score (nSPS) is 16.8. The van der Waals surface area contributed by atoms with Crippen molar-refractivity contribution in [2.75, 3.05) is 0 Å². The molecule has 2 N–H and O–H groups in total. The van der Waals surface area contributed by atoms with Gasteiger partial charge in [0.25, 0.3) is 0 Å². The van der Waals surface area contributed by atoms with Gasteiger partial charge in [-0.3, -0.25) is 4.79 Å². The van der Waals surface area contributed by atoms with Crippen LogP contribution in [0, 0.1) is 0 Å². The van der Waals surface area contributed by atoms with E-state index in [-0.39, 0.29) is 17.7 Å². The highest BCUT2D eigenvalue weighted by molar-refractivity contribution is 5.63. The molecule has 3 aromatic carbocycles. The number of hydrogen-bond acceptors (Lipinski definition) is 4. The number of benzene rings is 3. The molecule has 1 aliphatic carbocycles. The maximum absolute atomic E-state index is 13.4. The summed E-state index contributed by atoms with van der Waals surface area (Å²) in [5, 5.41) is 21.0. The lowest BCUT2D eigenvalue weighted by molar-refractivity contribution is 0.0160. The molecule has 1 atom stereocenters. The van der Waals surface area contributed by atoms with Crippen molar-refractivity contribution in [2.24, 2.45) is 0 Å². The minimum absolute atomic E-state index is 0.234. The summed E-state index contributed by atoms with van der Waals surface area (Å²) in [6.45, 7) is 0.412. The smallest absolute Gasteiger partial charge is 0.449 e. The lowest BCUT2D eigenvalue weighted by Crippen LogP contribution is -2.41. The van der Waals surface area contributed by atoms with Gasteiger partial charge >= 0.3 is 6.16 Å². The Labute approximate surface area is 209 Å². The van der Waals surface area contributed by atoms with E-state index in [1.54, 1.807) is 0 Å². The molecule has 1 unspecified atom stereocenters. The van der Waals surface area contributed by atoms with Gasteiger partial charge in [0.2, 0.25) is 5.43 Å². The Kier molecular flexibility index (Phi) is 6.44. The fraction of sp³-hybridized carbons (Fsp3) is 0.200. The molecule has 6 nitrogen and oxygen atoms in total. The van der Waals surface area contributed by atoms with Crippen LogP contribution in [0.3, 0.4) is 0 Å². The number of carbonyl (C=O) groups is 1. The molecule has 4 aromatic rings. The molecule has 1 aromatic heterocycles. The van der Waals surface area contributed by atoms with Crippen LogP contribution < -0.4 is 10.2 Å². The van der Waals surface area contributed by atoms with Crippen LogP contribution >= 0.6 is 0 Å². The van der Waals surface area contributed by atoms with Crippen LogP contribution in [0.4, 0.5) is 4.79 Å². The molecule has 0 amide bonds. The zero-order valence-corrected chi connectivity index (χ0v) is 19.8. The van der Waals surface area contributed by atoms with Gasteiger partial charge in [0.15, 0.2) is 5.75 Å². The quantitative estimate of drug-likeness (QED) is 0.361. The maximum atomic E-state index is 13.4. The van der Waals surface area contributed by atoms with Gasteiger partial charge in [-0.25, -0.2) is 4.79 Å². The number of fused-ring (bicyclic) bond motifs is 1. The molecular weight excluding hydrogens is 454 g/mol. The Hall–Kier alpha value is -4.16. The number of carboxylic acid groups (broad SMARTS) is 1. The summed E-state index contributed by atoms with van der Waals surface area (Å²) in [5.41, 5.74) is 3.07. The van der Waals surface area contributed by atoms with Gasteiger partial charge in [0.05, 0.1) is 17.4 Å². The number of aromatic nitrogens is 1. The SMILES string of the molecule is O=C(O)Oc1cn(Cc2ccc(-c3ccccc3)cc2)c2c(c1=O)C(O)(Cc1ccccc1)CCC2.